The predicted octanol–water partition coefficient (Wildman–Crippen LogP) is 0.817. The zero-order valence-corrected chi connectivity index (χ0v) is 12.6. The van der Waals surface area contributed by atoms with Gasteiger partial charge >= 0.3 is 0 Å². The van der Waals surface area contributed by atoms with Crippen LogP contribution in [0.25, 0.3) is 0 Å². The Morgan fingerprint density at radius 1 is 1.26 bits per heavy atom. The van der Waals surface area contributed by atoms with Crippen LogP contribution >= 0.6 is 0 Å². The summed E-state index contributed by atoms with van der Waals surface area (Å²) in [6.45, 7) is 5.89. The number of nitrogens with one attached hydrogen (secondary N) is 1. The van der Waals surface area contributed by atoms with Gasteiger partial charge in [-0.2, -0.15) is 0 Å². The van der Waals surface area contributed by atoms with Gasteiger partial charge in [-0.3, -0.25) is 0 Å². The Kier molecular flexibility index (Phi) is 5.62. The summed E-state index contributed by atoms with van der Waals surface area (Å²) in [6, 6.07) is 0. The zero-order chi connectivity index (χ0) is 13.7. The van der Waals surface area contributed by atoms with Crippen LogP contribution in [0.3, 0.4) is 0 Å². The quantitative estimate of drug-likeness (QED) is 0.787. The Labute approximate surface area is 116 Å². The van der Waals surface area contributed by atoms with Gasteiger partial charge in [0.1, 0.15) is 0 Å². The molecule has 0 amide bonds. The number of rotatable bonds is 6. The summed E-state index contributed by atoms with van der Waals surface area (Å²) in [5, 5.41) is 3.32. The molecule has 0 bridgehead atoms. The molecule has 0 saturated carbocycles. The van der Waals surface area contributed by atoms with E-state index in [0.29, 0.717) is 25.6 Å². The monoisotopic (exact) mass is 290 g/mol. The second kappa shape index (κ2) is 7.02. The van der Waals surface area contributed by atoms with Crippen LogP contribution in [-0.2, 0) is 14.8 Å². The Bertz CT molecular complexity index is 360. The molecule has 2 fully saturated rings. The third kappa shape index (κ3) is 4.41. The van der Waals surface area contributed by atoms with Crippen LogP contribution in [0.4, 0.5) is 0 Å². The van der Waals surface area contributed by atoms with E-state index in [-0.39, 0.29) is 11.9 Å². The van der Waals surface area contributed by atoms with Crippen LogP contribution < -0.4 is 5.32 Å². The fourth-order valence-corrected chi connectivity index (χ4v) is 4.68. The van der Waals surface area contributed by atoms with Crippen molar-refractivity contribution in [2.45, 2.75) is 38.7 Å². The fraction of sp³-hybridized carbons (Fsp3) is 1.00. The first-order valence-corrected chi connectivity index (χ1v) is 9.03. The van der Waals surface area contributed by atoms with Crippen molar-refractivity contribution in [2.75, 3.05) is 38.5 Å². The van der Waals surface area contributed by atoms with E-state index in [1.165, 1.54) is 0 Å². The summed E-state index contributed by atoms with van der Waals surface area (Å²) >= 11 is 0. The molecule has 19 heavy (non-hydrogen) atoms. The van der Waals surface area contributed by atoms with E-state index in [9.17, 15) is 8.42 Å². The number of ether oxygens (including phenoxy) is 1. The lowest BCUT2D eigenvalue weighted by molar-refractivity contribution is 0.126. The maximum atomic E-state index is 12.4. The molecule has 1 unspecified atom stereocenters. The maximum absolute atomic E-state index is 12.4. The largest absolute Gasteiger partial charge is 0.377 e. The highest BCUT2D eigenvalue weighted by Crippen LogP contribution is 2.19. The molecule has 2 aliphatic rings. The van der Waals surface area contributed by atoms with Gasteiger partial charge in [0.15, 0.2) is 0 Å². The average Bonchev–Trinajstić information content (AvgIpc) is 2.89. The van der Waals surface area contributed by atoms with Crippen LogP contribution in [0, 0.1) is 5.92 Å². The molecule has 2 heterocycles. The molecule has 6 heteroatoms. The molecule has 2 rings (SSSR count). The van der Waals surface area contributed by atoms with E-state index in [1.807, 2.05) is 6.92 Å². The van der Waals surface area contributed by atoms with Gasteiger partial charge in [-0.25, -0.2) is 12.7 Å². The van der Waals surface area contributed by atoms with Gasteiger partial charge < -0.3 is 10.1 Å². The average molecular weight is 290 g/mol. The standard InChI is InChI=1S/C13H26N2O3S/c1-2-15(10-12-5-7-14-8-6-12)19(16,17)11-13-4-3-9-18-13/h12-14H,2-11H2,1H3. The summed E-state index contributed by atoms with van der Waals surface area (Å²) in [4.78, 5) is 0. The van der Waals surface area contributed by atoms with Crippen molar-refractivity contribution < 1.29 is 13.2 Å². The summed E-state index contributed by atoms with van der Waals surface area (Å²) in [7, 11) is -3.17. The number of hydrogen-bond acceptors (Lipinski definition) is 4. The second-order valence-corrected chi connectivity index (χ2v) is 7.57. The molecule has 5 nitrogen and oxygen atoms in total. The third-order valence-corrected chi connectivity index (χ3v) is 6.07. The minimum absolute atomic E-state index is 0.0907. The molecule has 0 aromatic heterocycles. The minimum Gasteiger partial charge on any atom is -0.377 e. The molecule has 1 N–H and O–H groups in total. The number of nitrogens with zero attached hydrogens (tertiary/aromatic N) is 1. The van der Waals surface area contributed by atoms with Crippen molar-refractivity contribution in [3.8, 4) is 0 Å². The lowest BCUT2D eigenvalue weighted by Crippen LogP contribution is -2.41. The first-order valence-electron chi connectivity index (χ1n) is 7.42. The summed E-state index contributed by atoms with van der Waals surface area (Å²) < 4.78 is 32.0. The van der Waals surface area contributed by atoms with Gasteiger partial charge in [0.05, 0.1) is 11.9 Å². The molecule has 0 spiro atoms. The number of hydrogen-bond donors (Lipinski definition) is 1. The van der Waals surface area contributed by atoms with Gasteiger partial charge in [0, 0.05) is 19.7 Å². The topological polar surface area (TPSA) is 58.6 Å². The van der Waals surface area contributed by atoms with Crippen molar-refractivity contribution in [3.05, 3.63) is 0 Å². The lowest BCUT2D eigenvalue weighted by atomic mass is 9.98. The summed E-state index contributed by atoms with van der Waals surface area (Å²) in [5.41, 5.74) is 0. The molecule has 0 aromatic carbocycles. The van der Waals surface area contributed by atoms with Crippen molar-refractivity contribution in [3.63, 3.8) is 0 Å². The first-order chi connectivity index (χ1) is 9.12. The van der Waals surface area contributed by atoms with Gasteiger partial charge in [0.25, 0.3) is 0 Å². The highest BCUT2D eigenvalue weighted by atomic mass is 32.2. The van der Waals surface area contributed by atoms with Crippen LogP contribution in [0.2, 0.25) is 0 Å². The minimum atomic E-state index is -3.17. The highest BCUT2D eigenvalue weighted by molar-refractivity contribution is 7.89. The van der Waals surface area contributed by atoms with Crippen molar-refractivity contribution >= 4 is 10.0 Å². The van der Waals surface area contributed by atoms with Crippen LogP contribution in [0.15, 0.2) is 0 Å². The molecule has 0 aromatic rings. The van der Waals surface area contributed by atoms with Crippen LogP contribution in [0.5, 0.6) is 0 Å². The zero-order valence-electron chi connectivity index (χ0n) is 11.8. The number of sulfonamides is 1. The Balaban J connectivity index is 1.90. The van der Waals surface area contributed by atoms with Crippen molar-refractivity contribution in [2.24, 2.45) is 5.92 Å². The Morgan fingerprint density at radius 3 is 2.58 bits per heavy atom. The lowest BCUT2D eigenvalue weighted by Gasteiger charge is -2.29. The van der Waals surface area contributed by atoms with Gasteiger partial charge in [-0.1, -0.05) is 6.92 Å². The second-order valence-electron chi connectivity index (χ2n) is 5.56. The van der Waals surface area contributed by atoms with E-state index in [2.05, 4.69) is 5.32 Å². The van der Waals surface area contributed by atoms with Gasteiger partial charge in [0.2, 0.25) is 10.0 Å². The normalized spacial score (nSPS) is 26.1. The molecule has 2 aliphatic heterocycles. The highest BCUT2D eigenvalue weighted by Gasteiger charge is 2.29. The van der Waals surface area contributed by atoms with Crippen LogP contribution in [-0.4, -0.2) is 57.4 Å². The first kappa shape index (κ1) is 15.2. The number of piperidine rings is 1. The van der Waals surface area contributed by atoms with Gasteiger partial charge in [-0.15, -0.1) is 0 Å². The SMILES string of the molecule is CCN(CC1CCNCC1)S(=O)(=O)CC1CCCO1. The molecule has 1 atom stereocenters. The summed E-state index contributed by atoms with van der Waals surface area (Å²) in [6.07, 6.45) is 3.93. The molecular formula is C13H26N2O3S. The van der Waals surface area contributed by atoms with E-state index >= 15 is 0 Å². The van der Waals surface area contributed by atoms with E-state index < -0.39 is 10.0 Å². The van der Waals surface area contributed by atoms with E-state index in [0.717, 1.165) is 38.8 Å². The van der Waals surface area contributed by atoms with E-state index in [1.54, 1.807) is 4.31 Å². The van der Waals surface area contributed by atoms with Gasteiger partial charge in [-0.05, 0) is 44.7 Å². The summed E-state index contributed by atoms with van der Waals surface area (Å²) in [5.74, 6) is 0.659. The van der Waals surface area contributed by atoms with E-state index in [4.69, 9.17) is 4.74 Å². The smallest absolute Gasteiger partial charge is 0.216 e. The molecular weight excluding hydrogens is 264 g/mol. The fourth-order valence-electron chi connectivity index (χ4n) is 2.91. The molecule has 0 radical (unpaired) electrons. The Hall–Kier alpha value is -0.170. The predicted molar refractivity (Wildman–Crippen MR) is 75.6 cm³/mol. The maximum Gasteiger partial charge on any atom is 0.216 e. The molecule has 0 aliphatic carbocycles. The third-order valence-electron chi connectivity index (χ3n) is 4.09. The molecule has 2 saturated heterocycles. The van der Waals surface area contributed by atoms with Crippen molar-refractivity contribution in [1.29, 1.82) is 0 Å². The molecule has 112 valence electrons. The van der Waals surface area contributed by atoms with Crippen LogP contribution in [0.1, 0.15) is 32.6 Å². The van der Waals surface area contributed by atoms with Crippen molar-refractivity contribution in [1.82, 2.24) is 9.62 Å². The Morgan fingerprint density at radius 2 is 2.00 bits per heavy atom.